The minimum absolute atomic E-state index is 0.205. The van der Waals surface area contributed by atoms with Crippen molar-refractivity contribution in [1.29, 1.82) is 5.26 Å². The number of rotatable bonds is 2. The van der Waals surface area contributed by atoms with Crippen LogP contribution in [-0.2, 0) is 17.1 Å². The van der Waals surface area contributed by atoms with E-state index in [1.165, 1.54) is 16.7 Å². The first kappa shape index (κ1) is 13.3. The van der Waals surface area contributed by atoms with E-state index in [4.69, 9.17) is 10.4 Å². The summed E-state index contributed by atoms with van der Waals surface area (Å²) in [4.78, 5) is -0.288. The highest BCUT2D eigenvalue weighted by Gasteiger charge is 2.15. The predicted molar refractivity (Wildman–Crippen MR) is 66.9 cm³/mol. The molecule has 98 valence electrons. The lowest BCUT2D eigenvalue weighted by Crippen LogP contribution is -2.12. The fourth-order valence-electron chi connectivity index (χ4n) is 1.77. The van der Waals surface area contributed by atoms with Gasteiger partial charge < -0.3 is 4.57 Å². The molecule has 0 aliphatic heterocycles. The van der Waals surface area contributed by atoms with Crippen LogP contribution >= 0.6 is 0 Å². The summed E-state index contributed by atoms with van der Waals surface area (Å²) in [5.74, 6) is -0.711. The molecule has 0 bridgehead atoms. The minimum atomic E-state index is -3.93. The van der Waals surface area contributed by atoms with E-state index in [1.54, 1.807) is 19.2 Å². The fourth-order valence-corrected chi connectivity index (χ4v) is 2.30. The zero-order chi connectivity index (χ0) is 14.2. The Morgan fingerprint density at radius 1 is 1.32 bits per heavy atom. The molecule has 7 heteroatoms. The van der Waals surface area contributed by atoms with Gasteiger partial charge in [0.25, 0.3) is 0 Å². The minimum Gasteiger partial charge on any atom is -0.335 e. The molecule has 0 fully saturated rings. The molecule has 0 atom stereocenters. The van der Waals surface area contributed by atoms with Gasteiger partial charge in [0.15, 0.2) is 0 Å². The fraction of sp³-hybridized carbons (Fsp3) is 0.0833. The molecule has 1 heterocycles. The van der Waals surface area contributed by atoms with Crippen LogP contribution in [0.1, 0.15) is 5.69 Å². The average molecular weight is 279 g/mol. The first-order valence-electron chi connectivity index (χ1n) is 5.23. The summed E-state index contributed by atoms with van der Waals surface area (Å²) >= 11 is 0. The number of sulfonamides is 1. The van der Waals surface area contributed by atoms with Crippen LogP contribution in [-0.4, -0.2) is 13.0 Å². The summed E-state index contributed by atoms with van der Waals surface area (Å²) in [5, 5.41) is 13.8. The van der Waals surface area contributed by atoms with Crippen LogP contribution in [0.3, 0.4) is 0 Å². The van der Waals surface area contributed by atoms with Crippen molar-refractivity contribution >= 4 is 10.0 Å². The smallest absolute Gasteiger partial charge is 0.238 e. The van der Waals surface area contributed by atoms with E-state index >= 15 is 0 Å². The topological polar surface area (TPSA) is 88.9 Å². The van der Waals surface area contributed by atoms with E-state index in [9.17, 15) is 12.8 Å². The second kappa shape index (κ2) is 4.50. The molecule has 0 aliphatic carbocycles. The van der Waals surface area contributed by atoms with Crippen LogP contribution < -0.4 is 5.14 Å². The molecule has 1 aromatic heterocycles. The lowest BCUT2D eigenvalue weighted by molar-refractivity contribution is 0.592. The molecule has 0 spiro atoms. The van der Waals surface area contributed by atoms with Crippen molar-refractivity contribution < 1.29 is 12.8 Å². The summed E-state index contributed by atoms with van der Waals surface area (Å²) in [6, 6.07) is 8.53. The number of halogens is 1. The van der Waals surface area contributed by atoms with Gasteiger partial charge in [-0.2, -0.15) is 5.26 Å². The van der Waals surface area contributed by atoms with Crippen LogP contribution in [0.15, 0.2) is 35.2 Å². The Hall–Kier alpha value is -2.17. The molecule has 5 nitrogen and oxygen atoms in total. The van der Waals surface area contributed by atoms with Crippen molar-refractivity contribution in [2.24, 2.45) is 12.2 Å². The summed E-state index contributed by atoms with van der Waals surface area (Å²) in [6.07, 6.45) is 0. The Kier molecular flexibility index (Phi) is 3.14. The highest BCUT2D eigenvalue weighted by molar-refractivity contribution is 7.89. The first-order chi connectivity index (χ1) is 8.84. The summed E-state index contributed by atoms with van der Waals surface area (Å²) in [7, 11) is -2.31. The summed E-state index contributed by atoms with van der Waals surface area (Å²) in [5.41, 5.74) is 1.07. The zero-order valence-corrected chi connectivity index (χ0v) is 10.8. The highest BCUT2D eigenvalue weighted by Crippen LogP contribution is 2.26. The van der Waals surface area contributed by atoms with Crippen LogP contribution in [0, 0.1) is 17.1 Å². The van der Waals surface area contributed by atoms with Crippen molar-refractivity contribution in [3.05, 3.63) is 41.8 Å². The number of primary sulfonamides is 1. The number of aromatic nitrogens is 1. The molecular formula is C12H10FN3O2S. The normalized spacial score (nSPS) is 11.3. The number of benzene rings is 1. The summed E-state index contributed by atoms with van der Waals surface area (Å²) in [6.45, 7) is 0. The maximum atomic E-state index is 13.9. The van der Waals surface area contributed by atoms with Crippen LogP contribution in [0.5, 0.6) is 0 Å². The molecule has 19 heavy (non-hydrogen) atoms. The quantitative estimate of drug-likeness (QED) is 0.899. The molecular weight excluding hydrogens is 269 g/mol. The van der Waals surface area contributed by atoms with Gasteiger partial charge in [0, 0.05) is 12.6 Å². The molecule has 0 radical (unpaired) electrons. The second-order valence-corrected chi connectivity index (χ2v) is 5.52. The first-order valence-corrected chi connectivity index (χ1v) is 6.78. The van der Waals surface area contributed by atoms with Crippen molar-refractivity contribution in [2.45, 2.75) is 4.90 Å². The lowest BCUT2D eigenvalue weighted by atomic mass is 10.1. The third kappa shape index (κ3) is 2.36. The molecule has 1 aromatic carbocycles. The Labute approximate surface area is 109 Å². The maximum Gasteiger partial charge on any atom is 0.238 e. The number of nitriles is 1. The average Bonchev–Trinajstić information content (AvgIpc) is 2.69. The molecule has 0 saturated heterocycles. The maximum absolute atomic E-state index is 13.9. The number of hydrogen-bond acceptors (Lipinski definition) is 3. The summed E-state index contributed by atoms with van der Waals surface area (Å²) < 4.78 is 37.7. The van der Waals surface area contributed by atoms with Gasteiger partial charge >= 0.3 is 0 Å². The van der Waals surface area contributed by atoms with E-state index in [1.807, 2.05) is 6.07 Å². The van der Waals surface area contributed by atoms with Crippen LogP contribution in [0.4, 0.5) is 4.39 Å². The Bertz CT molecular complexity index is 788. The van der Waals surface area contributed by atoms with Crippen molar-refractivity contribution in [3.8, 4) is 17.3 Å². The SMILES string of the molecule is Cn1c(C#N)ccc1-c1ccc(S(N)(=O)=O)cc1F. The number of nitrogens with zero attached hydrogens (tertiary/aromatic N) is 2. The molecule has 0 unspecified atom stereocenters. The van der Waals surface area contributed by atoms with Crippen LogP contribution in [0.25, 0.3) is 11.3 Å². The third-order valence-corrected chi connectivity index (χ3v) is 3.69. The van der Waals surface area contributed by atoms with Gasteiger partial charge in [-0.05, 0) is 30.3 Å². The molecule has 0 saturated carbocycles. The van der Waals surface area contributed by atoms with Gasteiger partial charge in [-0.25, -0.2) is 17.9 Å². The third-order valence-electron chi connectivity index (χ3n) is 2.78. The monoisotopic (exact) mass is 279 g/mol. The van der Waals surface area contributed by atoms with Gasteiger partial charge in [-0.15, -0.1) is 0 Å². The van der Waals surface area contributed by atoms with Crippen molar-refractivity contribution in [2.75, 3.05) is 0 Å². The molecule has 0 aliphatic rings. The van der Waals surface area contributed by atoms with Gasteiger partial charge in [0.2, 0.25) is 10.0 Å². The van der Waals surface area contributed by atoms with E-state index < -0.39 is 15.8 Å². The molecule has 0 amide bonds. The molecule has 2 aromatic rings. The van der Waals surface area contributed by atoms with Gasteiger partial charge in [-0.1, -0.05) is 0 Å². The largest absolute Gasteiger partial charge is 0.335 e. The van der Waals surface area contributed by atoms with E-state index in [2.05, 4.69) is 0 Å². The van der Waals surface area contributed by atoms with Gasteiger partial charge in [0.05, 0.1) is 10.6 Å². The van der Waals surface area contributed by atoms with E-state index in [0.29, 0.717) is 11.4 Å². The Morgan fingerprint density at radius 2 is 2.00 bits per heavy atom. The van der Waals surface area contributed by atoms with Crippen molar-refractivity contribution in [1.82, 2.24) is 4.57 Å². The van der Waals surface area contributed by atoms with E-state index in [0.717, 1.165) is 6.07 Å². The second-order valence-electron chi connectivity index (χ2n) is 3.96. The van der Waals surface area contributed by atoms with E-state index in [-0.39, 0.29) is 10.5 Å². The number of nitrogens with two attached hydrogens (primary N) is 1. The van der Waals surface area contributed by atoms with Crippen molar-refractivity contribution in [3.63, 3.8) is 0 Å². The number of hydrogen-bond donors (Lipinski definition) is 1. The standard InChI is InChI=1S/C12H10FN3O2S/c1-16-8(7-14)2-5-12(16)10-4-3-9(6-11(10)13)19(15,17)18/h2-6H,1H3,(H2,15,17,18). The zero-order valence-electron chi connectivity index (χ0n) is 9.96. The van der Waals surface area contributed by atoms with Gasteiger partial charge in [-0.3, -0.25) is 0 Å². The lowest BCUT2D eigenvalue weighted by Gasteiger charge is -2.07. The van der Waals surface area contributed by atoms with Crippen LogP contribution in [0.2, 0.25) is 0 Å². The highest BCUT2D eigenvalue weighted by atomic mass is 32.2. The Balaban J connectivity index is 2.59. The van der Waals surface area contributed by atoms with Gasteiger partial charge in [0.1, 0.15) is 17.6 Å². The molecule has 2 rings (SSSR count). The molecule has 2 N–H and O–H groups in total. The predicted octanol–water partition coefficient (Wildman–Crippen LogP) is 1.35. The Morgan fingerprint density at radius 3 is 2.47 bits per heavy atom.